The predicted octanol–water partition coefficient (Wildman–Crippen LogP) is 5.44. The maximum absolute atomic E-state index is 12.9. The van der Waals surface area contributed by atoms with Crippen LogP contribution in [0.1, 0.15) is 66.5 Å². The Hall–Kier alpha value is -2.34. The van der Waals surface area contributed by atoms with Gasteiger partial charge in [0.05, 0.1) is 22.9 Å². The van der Waals surface area contributed by atoms with Gasteiger partial charge in [0, 0.05) is 23.9 Å². The Labute approximate surface area is 191 Å². The second-order valence-corrected chi connectivity index (χ2v) is 9.61. The summed E-state index contributed by atoms with van der Waals surface area (Å²) in [5.74, 6) is 0.115. The zero-order valence-corrected chi connectivity index (χ0v) is 20.3. The Morgan fingerprint density at radius 1 is 1.19 bits per heavy atom. The molecule has 0 atom stereocenters. The van der Waals surface area contributed by atoms with Gasteiger partial charge in [0.2, 0.25) is 11.8 Å². The highest BCUT2D eigenvalue weighted by Crippen LogP contribution is 2.29. The molecule has 1 heterocycles. The van der Waals surface area contributed by atoms with Gasteiger partial charge in [-0.2, -0.15) is 5.10 Å². The number of hydrogen-bond donors (Lipinski definition) is 1. The van der Waals surface area contributed by atoms with Gasteiger partial charge in [-0.3, -0.25) is 9.59 Å². The van der Waals surface area contributed by atoms with Gasteiger partial charge in [0.15, 0.2) is 0 Å². The summed E-state index contributed by atoms with van der Waals surface area (Å²) in [7, 11) is 0. The van der Waals surface area contributed by atoms with Gasteiger partial charge >= 0.3 is 0 Å². The first-order valence-electron chi connectivity index (χ1n) is 11.0. The normalized spacial score (nSPS) is 11.6. The number of carbonyl (C=O) groups is 2. The van der Waals surface area contributed by atoms with Gasteiger partial charge in [0.25, 0.3) is 0 Å². The maximum Gasteiger partial charge on any atom is 0.245 e. The Balaban J connectivity index is 2.29. The third-order valence-corrected chi connectivity index (χ3v) is 5.32. The van der Waals surface area contributed by atoms with Crippen LogP contribution in [0.25, 0.3) is 5.69 Å². The number of hydrogen-bond acceptors (Lipinski definition) is 3. The minimum Gasteiger partial charge on any atom is -0.333 e. The Kier molecular flexibility index (Phi) is 8.69. The lowest BCUT2D eigenvalue weighted by Crippen LogP contribution is -2.41. The van der Waals surface area contributed by atoms with Gasteiger partial charge in [-0.25, -0.2) is 4.68 Å². The molecule has 0 aliphatic rings. The molecule has 0 aliphatic heterocycles. The topological polar surface area (TPSA) is 67.2 Å². The van der Waals surface area contributed by atoms with Crippen molar-refractivity contribution in [2.24, 2.45) is 5.92 Å². The summed E-state index contributed by atoms with van der Waals surface area (Å²) in [6.45, 7) is 12.6. The number of nitrogens with one attached hydrogen (secondary N) is 1. The number of nitrogens with zero attached hydrogens (tertiary/aromatic N) is 3. The minimum absolute atomic E-state index is 0.0127. The van der Waals surface area contributed by atoms with Crippen LogP contribution in [0.5, 0.6) is 0 Å². The summed E-state index contributed by atoms with van der Waals surface area (Å²) in [5, 5.41) is 8.20. The zero-order chi connectivity index (χ0) is 23.2. The molecule has 7 heteroatoms. The van der Waals surface area contributed by atoms with Crippen LogP contribution in [0, 0.1) is 5.92 Å². The number of unbranched alkanes of at least 4 members (excludes halogenated alkanes) is 2. The molecule has 2 amide bonds. The number of carbonyl (C=O) groups excluding carboxylic acids is 2. The summed E-state index contributed by atoms with van der Waals surface area (Å²) in [5.41, 5.74) is 1.32. The number of rotatable bonds is 9. The quantitative estimate of drug-likeness (QED) is 0.521. The van der Waals surface area contributed by atoms with E-state index < -0.39 is 0 Å². The molecule has 0 aliphatic carbocycles. The van der Waals surface area contributed by atoms with Gasteiger partial charge in [-0.05, 0) is 18.6 Å². The molecule has 170 valence electrons. The molecule has 1 aromatic carbocycles. The molecule has 6 nitrogen and oxygen atoms in total. The first-order valence-corrected chi connectivity index (χ1v) is 11.4. The van der Waals surface area contributed by atoms with E-state index in [1.165, 1.54) is 0 Å². The second-order valence-electron chi connectivity index (χ2n) is 9.20. The van der Waals surface area contributed by atoms with Gasteiger partial charge < -0.3 is 10.2 Å². The Morgan fingerprint density at radius 3 is 2.45 bits per heavy atom. The number of benzene rings is 1. The van der Waals surface area contributed by atoms with Crippen LogP contribution in [-0.2, 0) is 15.0 Å². The average molecular weight is 447 g/mol. The summed E-state index contributed by atoms with van der Waals surface area (Å²) in [6, 6.07) is 9.24. The first-order chi connectivity index (χ1) is 14.5. The molecular weight excluding hydrogens is 412 g/mol. The summed E-state index contributed by atoms with van der Waals surface area (Å²) >= 11 is 6.40. The summed E-state index contributed by atoms with van der Waals surface area (Å²) < 4.78 is 1.66. The van der Waals surface area contributed by atoms with Crippen molar-refractivity contribution in [1.82, 2.24) is 14.7 Å². The van der Waals surface area contributed by atoms with Crippen LogP contribution in [0.15, 0.2) is 30.3 Å². The second kappa shape index (κ2) is 10.8. The van der Waals surface area contributed by atoms with E-state index in [0.717, 1.165) is 25.0 Å². The van der Waals surface area contributed by atoms with Crippen molar-refractivity contribution in [3.8, 4) is 5.69 Å². The molecule has 0 saturated heterocycles. The molecule has 0 saturated carbocycles. The fourth-order valence-corrected chi connectivity index (χ4v) is 3.40. The fourth-order valence-electron chi connectivity index (χ4n) is 3.18. The van der Waals surface area contributed by atoms with E-state index in [1.54, 1.807) is 15.6 Å². The van der Waals surface area contributed by atoms with Crippen molar-refractivity contribution >= 4 is 29.2 Å². The molecule has 2 rings (SSSR count). The van der Waals surface area contributed by atoms with E-state index in [4.69, 9.17) is 16.7 Å². The maximum atomic E-state index is 12.9. The first kappa shape index (κ1) is 24.9. The highest BCUT2D eigenvalue weighted by atomic mass is 35.5. The molecule has 31 heavy (non-hydrogen) atoms. The molecule has 0 bridgehead atoms. The number of amides is 2. The molecule has 0 radical (unpaired) electrons. The number of para-hydroxylation sites is 1. The Bertz CT molecular complexity index is 899. The van der Waals surface area contributed by atoms with Crippen molar-refractivity contribution in [3.05, 3.63) is 41.0 Å². The van der Waals surface area contributed by atoms with E-state index >= 15 is 0 Å². The van der Waals surface area contributed by atoms with Crippen LogP contribution in [0.2, 0.25) is 5.02 Å². The average Bonchev–Trinajstić information content (AvgIpc) is 3.11. The van der Waals surface area contributed by atoms with Gasteiger partial charge in [-0.1, -0.05) is 78.1 Å². The van der Waals surface area contributed by atoms with Crippen molar-refractivity contribution in [1.29, 1.82) is 0 Å². The lowest BCUT2D eigenvalue weighted by molar-refractivity contribution is -0.137. The van der Waals surface area contributed by atoms with Crippen molar-refractivity contribution in [3.63, 3.8) is 0 Å². The molecule has 2 aromatic rings. The molecular formula is C24H35ClN4O2. The van der Waals surface area contributed by atoms with Gasteiger partial charge in [-0.15, -0.1) is 0 Å². The minimum atomic E-state index is -0.251. The standard InChI is InChI=1S/C24H35ClN4O2/c1-7-8-11-14-28(23(31)17(2)3)16-22(30)26-21-15-20(24(4,5)6)27-29(21)19-13-10-9-12-18(19)25/h9-10,12-13,15,17H,7-8,11,14,16H2,1-6H3,(H,26,30). The van der Waals surface area contributed by atoms with Crippen molar-refractivity contribution in [2.75, 3.05) is 18.4 Å². The molecule has 1 N–H and O–H groups in total. The van der Waals surface area contributed by atoms with Crippen LogP contribution in [0.3, 0.4) is 0 Å². The third kappa shape index (κ3) is 6.82. The molecule has 0 spiro atoms. The van der Waals surface area contributed by atoms with Crippen LogP contribution >= 0.6 is 11.6 Å². The highest BCUT2D eigenvalue weighted by Gasteiger charge is 2.24. The third-order valence-electron chi connectivity index (χ3n) is 5.00. The van der Waals surface area contributed by atoms with Crippen LogP contribution < -0.4 is 5.32 Å². The van der Waals surface area contributed by atoms with Crippen molar-refractivity contribution in [2.45, 2.75) is 66.2 Å². The van der Waals surface area contributed by atoms with E-state index in [9.17, 15) is 9.59 Å². The summed E-state index contributed by atoms with van der Waals surface area (Å²) in [4.78, 5) is 27.2. The zero-order valence-electron chi connectivity index (χ0n) is 19.5. The van der Waals surface area contributed by atoms with Crippen molar-refractivity contribution < 1.29 is 9.59 Å². The van der Waals surface area contributed by atoms with Crippen LogP contribution in [-0.4, -0.2) is 39.6 Å². The van der Waals surface area contributed by atoms with E-state index in [1.807, 2.05) is 38.1 Å². The number of anilines is 1. The highest BCUT2D eigenvalue weighted by molar-refractivity contribution is 6.32. The smallest absolute Gasteiger partial charge is 0.245 e. The summed E-state index contributed by atoms with van der Waals surface area (Å²) in [6.07, 6.45) is 2.97. The van der Waals surface area contributed by atoms with Crippen LogP contribution in [0.4, 0.5) is 5.82 Å². The predicted molar refractivity (Wildman–Crippen MR) is 127 cm³/mol. The van der Waals surface area contributed by atoms with E-state index in [-0.39, 0.29) is 29.7 Å². The largest absolute Gasteiger partial charge is 0.333 e. The number of aromatic nitrogens is 2. The van der Waals surface area contributed by atoms with E-state index in [0.29, 0.717) is 23.1 Å². The molecule has 0 unspecified atom stereocenters. The van der Waals surface area contributed by atoms with E-state index in [2.05, 4.69) is 33.0 Å². The molecule has 1 aromatic heterocycles. The van der Waals surface area contributed by atoms with Gasteiger partial charge in [0.1, 0.15) is 5.82 Å². The Morgan fingerprint density at radius 2 is 1.87 bits per heavy atom. The fraction of sp³-hybridized carbons (Fsp3) is 0.542. The monoisotopic (exact) mass is 446 g/mol. The lowest BCUT2D eigenvalue weighted by Gasteiger charge is -2.24. The number of halogens is 1. The SMILES string of the molecule is CCCCCN(CC(=O)Nc1cc(C(C)(C)C)nn1-c1ccccc1Cl)C(=O)C(C)C. The lowest BCUT2D eigenvalue weighted by atomic mass is 9.92. The molecule has 0 fully saturated rings.